The molecule has 114 valence electrons. The van der Waals surface area contributed by atoms with Crippen LogP contribution in [0, 0.1) is 18.8 Å². The molecule has 0 spiro atoms. The van der Waals surface area contributed by atoms with Gasteiger partial charge in [-0.15, -0.1) is 0 Å². The van der Waals surface area contributed by atoms with Crippen molar-refractivity contribution in [2.24, 2.45) is 24.6 Å². The van der Waals surface area contributed by atoms with Gasteiger partial charge in [-0.1, -0.05) is 13.8 Å². The molecule has 0 radical (unpaired) electrons. The monoisotopic (exact) mass is 278 g/mol. The minimum absolute atomic E-state index is 0.173. The fourth-order valence-corrected chi connectivity index (χ4v) is 3.60. The highest BCUT2D eigenvalue weighted by atomic mass is 15.4. The van der Waals surface area contributed by atoms with Crippen molar-refractivity contribution in [2.75, 3.05) is 11.4 Å². The van der Waals surface area contributed by atoms with Crippen LogP contribution in [-0.4, -0.2) is 28.4 Å². The summed E-state index contributed by atoms with van der Waals surface area (Å²) in [5.74, 6) is 2.74. The number of anilines is 1. The summed E-state index contributed by atoms with van der Waals surface area (Å²) < 4.78 is 2.05. The number of rotatable bonds is 3. The standard InChI is InChI=1S/C16H30N4/c1-10-7-11(2)14(5)20(9-10)16-15(8-12(3)17)13(4)18-19(16)6/h10-12,14H,7-9,17H2,1-6H3. The first-order valence-electron chi connectivity index (χ1n) is 7.86. The van der Waals surface area contributed by atoms with Crippen LogP contribution in [0.15, 0.2) is 0 Å². The average molecular weight is 278 g/mol. The summed E-state index contributed by atoms with van der Waals surface area (Å²) in [7, 11) is 2.06. The van der Waals surface area contributed by atoms with Crippen molar-refractivity contribution in [3.8, 4) is 0 Å². The van der Waals surface area contributed by atoms with Crippen LogP contribution >= 0.6 is 0 Å². The summed E-state index contributed by atoms with van der Waals surface area (Å²) in [6.07, 6.45) is 2.22. The smallest absolute Gasteiger partial charge is 0.130 e. The average Bonchev–Trinajstić information content (AvgIpc) is 2.58. The van der Waals surface area contributed by atoms with Gasteiger partial charge in [0.05, 0.1) is 5.69 Å². The molecule has 2 rings (SSSR count). The first-order chi connectivity index (χ1) is 9.31. The predicted octanol–water partition coefficient (Wildman–Crippen LogP) is 2.49. The van der Waals surface area contributed by atoms with E-state index in [0.717, 1.165) is 30.5 Å². The Morgan fingerprint density at radius 1 is 1.35 bits per heavy atom. The summed E-state index contributed by atoms with van der Waals surface area (Å²) in [6, 6.07) is 0.736. The maximum Gasteiger partial charge on any atom is 0.130 e. The molecule has 4 heteroatoms. The van der Waals surface area contributed by atoms with Gasteiger partial charge in [0.1, 0.15) is 5.82 Å². The molecule has 20 heavy (non-hydrogen) atoms. The SMILES string of the molecule is Cc1nn(C)c(N2CC(C)CC(C)C2C)c1CC(C)N. The highest BCUT2D eigenvalue weighted by Gasteiger charge is 2.32. The zero-order valence-electron chi connectivity index (χ0n) is 13.8. The van der Waals surface area contributed by atoms with Crippen LogP contribution in [0.2, 0.25) is 0 Å². The Labute approximate surface area is 123 Å². The lowest BCUT2D eigenvalue weighted by Gasteiger charge is -2.42. The van der Waals surface area contributed by atoms with E-state index in [9.17, 15) is 0 Å². The summed E-state index contributed by atoms with van der Waals surface area (Å²) in [5.41, 5.74) is 8.49. The molecular formula is C16H30N4. The van der Waals surface area contributed by atoms with Gasteiger partial charge in [0.15, 0.2) is 0 Å². The van der Waals surface area contributed by atoms with Crippen LogP contribution in [0.3, 0.4) is 0 Å². The molecule has 4 unspecified atom stereocenters. The summed E-state index contributed by atoms with van der Waals surface area (Å²) in [5, 5.41) is 4.64. The van der Waals surface area contributed by atoms with Crippen LogP contribution in [0.25, 0.3) is 0 Å². The maximum atomic E-state index is 6.03. The van der Waals surface area contributed by atoms with Gasteiger partial charge in [-0.05, 0) is 45.4 Å². The molecule has 1 aliphatic rings. The number of nitrogens with zero attached hydrogens (tertiary/aromatic N) is 3. The van der Waals surface area contributed by atoms with Gasteiger partial charge >= 0.3 is 0 Å². The molecule has 0 aliphatic carbocycles. The predicted molar refractivity (Wildman–Crippen MR) is 85.1 cm³/mol. The molecule has 2 N–H and O–H groups in total. The van der Waals surface area contributed by atoms with Crippen LogP contribution in [0.4, 0.5) is 5.82 Å². The van der Waals surface area contributed by atoms with E-state index in [4.69, 9.17) is 5.73 Å². The van der Waals surface area contributed by atoms with E-state index >= 15 is 0 Å². The fourth-order valence-electron chi connectivity index (χ4n) is 3.60. The van der Waals surface area contributed by atoms with Gasteiger partial charge in [0, 0.05) is 31.2 Å². The third kappa shape index (κ3) is 2.85. The molecule has 0 aromatic carbocycles. The molecule has 1 aromatic rings. The summed E-state index contributed by atoms with van der Waals surface area (Å²) in [4.78, 5) is 2.55. The van der Waals surface area contributed by atoms with Crippen molar-refractivity contribution < 1.29 is 0 Å². The van der Waals surface area contributed by atoms with E-state index in [1.165, 1.54) is 17.8 Å². The van der Waals surface area contributed by atoms with Crippen LogP contribution in [0.1, 0.15) is 45.4 Å². The van der Waals surface area contributed by atoms with E-state index in [0.29, 0.717) is 6.04 Å². The van der Waals surface area contributed by atoms with E-state index in [1.54, 1.807) is 0 Å². The van der Waals surface area contributed by atoms with Crippen molar-refractivity contribution in [3.05, 3.63) is 11.3 Å². The van der Waals surface area contributed by atoms with E-state index in [2.05, 4.69) is 51.7 Å². The van der Waals surface area contributed by atoms with E-state index in [-0.39, 0.29) is 6.04 Å². The highest BCUT2D eigenvalue weighted by Crippen LogP contribution is 2.34. The summed E-state index contributed by atoms with van der Waals surface area (Å²) in [6.45, 7) is 12.3. The Morgan fingerprint density at radius 2 is 2.00 bits per heavy atom. The quantitative estimate of drug-likeness (QED) is 0.924. The highest BCUT2D eigenvalue weighted by molar-refractivity contribution is 5.52. The molecule has 0 amide bonds. The van der Waals surface area contributed by atoms with Gasteiger partial charge in [0.2, 0.25) is 0 Å². The minimum Gasteiger partial charge on any atom is -0.353 e. The molecule has 4 nitrogen and oxygen atoms in total. The zero-order chi connectivity index (χ0) is 15.0. The Hall–Kier alpha value is -1.03. The van der Waals surface area contributed by atoms with Crippen molar-refractivity contribution in [1.82, 2.24) is 9.78 Å². The molecular weight excluding hydrogens is 248 g/mol. The third-order valence-corrected chi connectivity index (χ3v) is 4.71. The van der Waals surface area contributed by atoms with Crippen molar-refractivity contribution >= 4 is 5.82 Å². The van der Waals surface area contributed by atoms with Gasteiger partial charge < -0.3 is 10.6 Å². The van der Waals surface area contributed by atoms with Crippen LogP contribution in [0.5, 0.6) is 0 Å². The Kier molecular flexibility index (Phi) is 4.43. The fraction of sp³-hybridized carbons (Fsp3) is 0.812. The van der Waals surface area contributed by atoms with Gasteiger partial charge in [-0.2, -0.15) is 5.10 Å². The number of hydrogen-bond donors (Lipinski definition) is 1. The number of aromatic nitrogens is 2. The molecule has 2 heterocycles. The second kappa shape index (κ2) is 5.76. The molecule has 1 aliphatic heterocycles. The molecule has 1 saturated heterocycles. The molecule has 1 aromatic heterocycles. The second-order valence-corrected chi connectivity index (χ2v) is 6.90. The molecule has 1 fully saturated rings. The summed E-state index contributed by atoms with van der Waals surface area (Å²) >= 11 is 0. The number of nitrogens with two attached hydrogens (primary N) is 1. The van der Waals surface area contributed by atoms with Crippen LogP contribution in [-0.2, 0) is 13.5 Å². The lowest BCUT2D eigenvalue weighted by molar-refractivity contribution is 0.293. The number of aryl methyl sites for hydroxylation is 2. The largest absolute Gasteiger partial charge is 0.353 e. The van der Waals surface area contributed by atoms with Gasteiger partial charge in [0.25, 0.3) is 0 Å². The molecule has 0 saturated carbocycles. The first kappa shape index (κ1) is 15.4. The minimum atomic E-state index is 0.173. The van der Waals surface area contributed by atoms with E-state index in [1.807, 2.05) is 4.68 Å². The number of hydrogen-bond acceptors (Lipinski definition) is 3. The van der Waals surface area contributed by atoms with Gasteiger partial charge in [-0.3, -0.25) is 4.68 Å². The normalized spacial score (nSPS) is 28.8. The van der Waals surface area contributed by atoms with Crippen molar-refractivity contribution in [2.45, 2.75) is 59.5 Å². The van der Waals surface area contributed by atoms with Crippen molar-refractivity contribution in [3.63, 3.8) is 0 Å². The second-order valence-electron chi connectivity index (χ2n) is 6.90. The van der Waals surface area contributed by atoms with Crippen LogP contribution < -0.4 is 10.6 Å². The maximum absolute atomic E-state index is 6.03. The van der Waals surface area contributed by atoms with Crippen molar-refractivity contribution in [1.29, 1.82) is 0 Å². The molecule has 4 atom stereocenters. The van der Waals surface area contributed by atoms with Gasteiger partial charge in [-0.25, -0.2) is 0 Å². The Morgan fingerprint density at radius 3 is 2.60 bits per heavy atom. The third-order valence-electron chi connectivity index (χ3n) is 4.71. The zero-order valence-corrected chi connectivity index (χ0v) is 13.8. The van der Waals surface area contributed by atoms with E-state index < -0.39 is 0 Å². The Balaban J connectivity index is 2.40. The molecule has 0 bridgehead atoms. The lowest BCUT2D eigenvalue weighted by Crippen LogP contribution is -2.47. The topological polar surface area (TPSA) is 47.1 Å². The Bertz CT molecular complexity index is 463. The first-order valence-corrected chi connectivity index (χ1v) is 7.86. The number of piperidine rings is 1. The lowest BCUT2D eigenvalue weighted by atomic mass is 9.85.